The van der Waals surface area contributed by atoms with Crippen LogP contribution < -0.4 is 10.5 Å². The lowest BCUT2D eigenvalue weighted by Crippen LogP contribution is -2.09. The largest absolute Gasteiger partial charge is 0.497 e. The van der Waals surface area contributed by atoms with E-state index in [2.05, 4.69) is 4.98 Å². The van der Waals surface area contributed by atoms with Crippen molar-refractivity contribution in [2.75, 3.05) is 13.7 Å². The number of hydrogen-bond acceptors (Lipinski definition) is 4. The summed E-state index contributed by atoms with van der Waals surface area (Å²) in [5.74, 6) is 0.606. The predicted octanol–water partition coefficient (Wildman–Crippen LogP) is 1.08. The molecule has 0 aliphatic rings. The van der Waals surface area contributed by atoms with Crippen molar-refractivity contribution >= 4 is 5.91 Å². The number of carbonyl (C=O) groups excluding carboxylic acids is 1. The summed E-state index contributed by atoms with van der Waals surface area (Å²) < 4.78 is 6.51. The Labute approximate surface area is 105 Å². The van der Waals surface area contributed by atoms with Gasteiger partial charge in [-0.3, -0.25) is 9.36 Å². The first kappa shape index (κ1) is 12.3. The van der Waals surface area contributed by atoms with E-state index < -0.39 is 0 Å². The fourth-order valence-electron chi connectivity index (χ4n) is 1.63. The second kappa shape index (κ2) is 5.46. The number of carbonyl (C=O) groups is 1. The average molecular weight is 245 g/mol. The van der Waals surface area contributed by atoms with Gasteiger partial charge in [0, 0.05) is 18.2 Å². The Kier molecular flexibility index (Phi) is 3.74. The second-order valence-corrected chi connectivity index (χ2v) is 3.84. The van der Waals surface area contributed by atoms with Gasteiger partial charge in [0.15, 0.2) is 0 Å². The van der Waals surface area contributed by atoms with Crippen LogP contribution in [0.15, 0.2) is 36.8 Å². The predicted molar refractivity (Wildman–Crippen MR) is 67.7 cm³/mol. The Morgan fingerprint density at radius 3 is 2.72 bits per heavy atom. The van der Waals surface area contributed by atoms with Gasteiger partial charge in [-0.1, -0.05) is 0 Å². The maximum atomic E-state index is 12.1. The lowest BCUT2D eigenvalue weighted by molar-refractivity contribution is 0.0959. The summed E-state index contributed by atoms with van der Waals surface area (Å²) in [6.45, 7) is 0.522. The normalized spacial score (nSPS) is 10.3. The highest BCUT2D eigenvalue weighted by atomic mass is 16.5. The topological polar surface area (TPSA) is 70.1 Å². The molecule has 1 heterocycles. The molecule has 2 N–H and O–H groups in total. The van der Waals surface area contributed by atoms with Gasteiger partial charge in [-0.05, 0) is 30.8 Å². The summed E-state index contributed by atoms with van der Waals surface area (Å²) in [5, 5.41) is 0. The molecule has 1 aromatic heterocycles. The number of aromatic nitrogens is 2. The van der Waals surface area contributed by atoms with Crippen molar-refractivity contribution in [1.82, 2.24) is 9.55 Å². The molecule has 5 heteroatoms. The van der Waals surface area contributed by atoms with Crippen LogP contribution in [0, 0.1) is 0 Å². The third-order valence-corrected chi connectivity index (χ3v) is 2.61. The molecule has 0 fully saturated rings. The van der Waals surface area contributed by atoms with Crippen molar-refractivity contribution in [3.8, 4) is 5.75 Å². The molecule has 0 spiro atoms. The van der Waals surface area contributed by atoms with Crippen LogP contribution in [-0.4, -0.2) is 29.1 Å². The molecule has 18 heavy (non-hydrogen) atoms. The van der Waals surface area contributed by atoms with Crippen LogP contribution in [0.4, 0.5) is 0 Å². The van der Waals surface area contributed by atoms with Crippen LogP contribution in [0.2, 0.25) is 0 Å². The van der Waals surface area contributed by atoms with E-state index in [9.17, 15) is 4.79 Å². The van der Waals surface area contributed by atoms with Gasteiger partial charge in [0.25, 0.3) is 5.91 Å². The molecule has 0 saturated carbocycles. The summed E-state index contributed by atoms with van der Waals surface area (Å²) in [6, 6.07) is 6.96. The highest BCUT2D eigenvalue weighted by molar-refractivity contribution is 5.95. The highest BCUT2D eigenvalue weighted by Gasteiger charge is 2.09. The lowest BCUT2D eigenvalue weighted by atomic mass is 10.2. The van der Waals surface area contributed by atoms with Crippen molar-refractivity contribution < 1.29 is 9.53 Å². The molecule has 0 bridgehead atoms. The third-order valence-electron chi connectivity index (χ3n) is 2.61. The Morgan fingerprint density at radius 1 is 1.39 bits per heavy atom. The van der Waals surface area contributed by atoms with Gasteiger partial charge in [-0.25, -0.2) is 4.98 Å². The van der Waals surface area contributed by atoms with Crippen LogP contribution >= 0.6 is 0 Å². The van der Waals surface area contributed by atoms with E-state index in [1.165, 1.54) is 10.9 Å². The standard InChI is InChI=1S/C13H15N3O2/c1-18-12-4-2-10(3-5-12)13(17)16-8-11(6-7-14)15-9-16/h2-5,8-9H,6-7,14H2,1H3. The zero-order valence-corrected chi connectivity index (χ0v) is 10.2. The van der Waals surface area contributed by atoms with Crippen molar-refractivity contribution in [2.45, 2.75) is 6.42 Å². The van der Waals surface area contributed by atoms with E-state index in [1.54, 1.807) is 37.6 Å². The summed E-state index contributed by atoms with van der Waals surface area (Å²) >= 11 is 0. The van der Waals surface area contributed by atoms with Crippen molar-refractivity contribution in [2.24, 2.45) is 5.73 Å². The minimum atomic E-state index is -0.117. The summed E-state index contributed by atoms with van der Waals surface area (Å²) in [4.78, 5) is 16.2. The minimum absolute atomic E-state index is 0.117. The van der Waals surface area contributed by atoms with Crippen molar-refractivity contribution in [3.63, 3.8) is 0 Å². The molecule has 2 rings (SSSR count). The number of hydrogen-bond donors (Lipinski definition) is 1. The number of nitrogens with two attached hydrogens (primary N) is 1. The van der Waals surface area contributed by atoms with Gasteiger partial charge >= 0.3 is 0 Å². The summed E-state index contributed by atoms with van der Waals surface area (Å²) in [5.41, 5.74) is 6.85. The van der Waals surface area contributed by atoms with Gasteiger partial charge in [0.05, 0.1) is 12.8 Å². The molecular weight excluding hydrogens is 230 g/mol. The maximum Gasteiger partial charge on any atom is 0.263 e. The molecule has 0 aliphatic carbocycles. The number of ether oxygens (including phenoxy) is 1. The molecule has 0 radical (unpaired) electrons. The quantitative estimate of drug-likeness (QED) is 0.875. The zero-order chi connectivity index (χ0) is 13.0. The van der Waals surface area contributed by atoms with Crippen LogP contribution in [0.3, 0.4) is 0 Å². The number of benzene rings is 1. The number of nitrogens with zero attached hydrogens (tertiary/aromatic N) is 2. The monoisotopic (exact) mass is 245 g/mol. The molecule has 0 aliphatic heterocycles. The second-order valence-electron chi connectivity index (χ2n) is 3.84. The van der Waals surface area contributed by atoms with Gasteiger partial charge in [0.1, 0.15) is 12.1 Å². The lowest BCUT2D eigenvalue weighted by Gasteiger charge is -2.02. The van der Waals surface area contributed by atoms with Gasteiger partial charge in [0.2, 0.25) is 0 Å². The Balaban J connectivity index is 2.18. The summed E-state index contributed by atoms with van der Waals surface area (Å²) in [6.07, 6.45) is 3.89. The summed E-state index contributed by atoms with van der Waals surface area (Å²) in [7, 11) is 1.59. The Morgan fingerprint density at radius 2 is 2.11 bits per heavy atom. The number of imidazole rings is 1. The molecule has 0 saturated heterocycles. The molecule has 1 aromatic carbocycles. The minimum Gasteiger partial charge on any atom is -0.497 e. The SMILES string of the molecule is COc1ccc(C(=O)n2cnc(CCN)c2)cc1. The van der Waals surface area contributed by atoms with Crippen molar-refractivity contribution in [3.05, 3.63) is 48.0 Å². The van der Waals surface area contributed by atoms with Crippen LogP contribution in [0.25, 0.3) is 0 Å². The number of rotatable bonds is 4. The number of methoxy groups -OCH3 is 1. The zero-order valence-electron chi connectivity index (χ0n) is 10.2. The highest BCUT2D eigenvalue weighted by Crippen LogP contribution is 2.12. The van der Waals surface area contributed by atoms with Gasteiger partial charge in [-0.2, -0.15) is 0 Å². The average Bonchev–Trinajstić information content (AvgIpc) is 2.87. The molecule has 94 valence electrons. The van der Waals surface area contributed by atoms with Gasteiger partial charge in [-0.15, -0.1) is 0 Å². The van der Waals surface area contributed by atoms with E-state index in [0.717, 1.165) is 11.4 Å². The fourth-order valence-corrected chi connectivity index (χ4v) is 1.63. The maximum absolute atomic E-state index is 12.1. The third kappa shape index (κ3) is 2.57. The Hall–Kier alpha value is -2.14. The first-order valence-electron chi connectivity index (χ1n) is 5.66. The van der Waals surface area contributed by atoms with E-state index in [1.807, 2.05) is 0 Å². The first-order valence-corrected chi connectivity index (χ1v) is 5.66. The van der Waals surface area contributed by atoms with E-state index in [4.69, 9.17) is 10.5 Å². The molecule has 0 amide bonds. The molecular formula is C13H15N3O2. The van der Waals surface area contributed by atoms with Crippen LogP contribution in [0.5, 0.6) is 5.75 Å². The van der Waals surface area contributed by atoms with Crippen molar-refractivity contribution in [1.29, 1.82) is 0 Å². The molecule has 2 aromatic rings. The van der Waals surface area contributed by atoms with E-state index >= 15 is 0 Å². The molecule has 5 nitrogen and oxygen atoms in total. The van der Waals surface area contributed by atoms with Gasteiger partial charge < -0.3 is 10.5 Å². The Bertz CT molecular complexity index is 531. The van der Waals surface area contributed by atoms with Crippen LogP contribution in [0.1, 0.15) is 16.1 Å². The molecule has 0 atom stereocenters. The van der Waals surface area contributed by atoms with E-state index in [0.29, 0.717) is 18.5 Å². The smallest absolute Gasteiger partial charge is 0.263 e. The van der Waals surface area contributed by atoms with E-state index in [-0.39, 0.29) is 5.91 Å². The van der Waals surface area contributed by atoms with Crippen LogP contribution in [-0.2, 0) is 6.42 Å². The molecule has 0 unspecified atom stereocenters. The first-order chi connectivity index (χ1) is 8.74. The fraction of sp³-hybridized carbons (Fsp3) is 0.231.